The van der Waals surface area contributed by atoms with Gasteiger partial charge in [-0.15, -0.1) is 0 Å². The summed E-state index contributed by atoms with van der Waals surface area (Å²) in [5.41, 5.74) is 0.383. The van der Waals surface area contributed by atoms with Gasteiger partial charge in [0.05, 0.1) is 0 Å². The minimum absolute atomic E-state index is 0.524. The lowest BCUT2D eigenvalue weighted by Crippen LogP contribution is -2.30. The first kappa shape index (κ1) is 19.9. The third-order valence-electron chi connectivity index (χ3n) is 4.39. The number of phosphoric ester groups is 1. The second kappa shape index (κ2) is 9.30. The minimum atomic E-state index is -4.68. The molecular weight excluding hydrogens is 335 g/mol. The lowest BCUT2D eigenvalue weighted by atomic mass is 9.82. The van der Waals surface area contributed by atoms with Crippen molar-refractivity contribution in [3.8, 4) is 0 Å². The zero-order valence-electron chi connectivity index (χ0n) is 14.7. The van der Waals surface area contributed by atoms with Gasteiger partial charge in [-0.3, -0.25) is 4.52 Å². The smallest absolute Gasteiger partial charge is 0.303 e. The summed E-state index contributed by atoms with van der Waals surface area (Å²) in [6, 6.07) is 18.7. The van der Waals surface area contributed by atoms with E-state index >= 15 is 0 Å². The molecule has 0 heterocycles. The molecule has 0 aliphatic heterocycles. The second-order valence-electron chi connectivity index (χ2n) is 6.31. The van der Waals surface area contributed by atoms with E-state index in [2.05, 4.69) is 6.92 Å². The van der Waals surface area contributed by atoms with Gasteiger partial charge in [-0.2, -0.15) is 0 Å². The fraction of sp³-hybridized carbons (Fsp3) is 0.400. The molecule has 2 N–H and O–H groups in total. The largest absolute Gasteiger partial charge is 0.470 e. The molecule has 0 amide bonds. The molecule has 0 aromatic heterocycles. The predicted octanol–water partition coefficient (Wildman–Crippen LogP) is 5.40. The first-order valence-electron chi connectivity index (χ1n) is 8.85. The normalized spacial score (nSPS) is 12.3. The maximum absolute atomic E-state index is 11.8. The summed E-state index contributed by atoms with van der Waals surface area (Å²) < 4.78 is 17.3. The molecule has 5 heteroatoms. The summed E-state index contributed by atoms with van der Waals surface area (Å²) >= 11 is 0. The van der Waals surface area contributed by atoms with Gasteiger partial charge in [-0.05, 0) is 24.0 Å². The van der Waals surface area contributed by atoms with E-state index < -0.39 is 13.4 Å². The van der Waals surface area contributed by atoms with Crippen LogP contribution in [0, 0.1) is 0 Å². The summed E-state index contributed by atoms with van der Waals surface area (Å²) in [6.07, 6.45) is 5.82. The summed E-state index contributed by atoms with van der Waals surface area (Å²) in [7, 11) is -4.68. The Morgan fingerprint density at radius 2 is 1.32 bits per heavy atom. The summed E-state index contributed by atoms with van der Waals surface area (Å²) in [5.74, 6) is 0. The van der Waals surface area contributed by atoms with Gasteiger partial charge in [-0.25, -0.2) is 4.57 Å². The molecule has 0 aliphatic rings. The Morgan fingerprint density at radius 1 is 0.840 bits per heavy atom. The molecule has 0 unspecified atom stereocenters. The molecule has 0 aliphatic carbocycles. The fourth-order valence-electron chi connectivity index (χ4n) is 3.20. The van der Waals surface area contributed by atoms with Crippen molar-refractivity contribution in [1.29, 1.82) is 0 Å². The van der Waals surface area contributed by atoms with Gasteiger partial charge in [-0.1, -0.05) is 93.3 Å². The average molecular weight is 362 g/mol. The van der Waals surface area contributed by atoms with Crippen LogP contribution in [0.25, 0.3) is 0 Å². The third kappa shape index (κ3) is 5.79. The number of phosphoric acid groups is 1. The van der Waals surface area contributed by atoms with E-state index in [-0.39, 0.29) is 0 Å². The van der Waals surface area contributed by atoms with Crippen LogP contribution in [-0.2, 0) is 14.7 Å². The van der Waals surface area contributed by atoms with Gasteiger partial charge in [0.1, 0.15) is 5.60 Å². The Hall–Kier alpha value is -1.45. The lowest BCUT2D eigenvalue weighted by molar-refractivity contribution is 0.0551. The Kier molecular flexibility index (Phi) is 7.39. The molecule has 25 heavy (non-hydrogen) atoms. The molecule has 0 radical (unpaired) electrons. The number of rotatable bonds is 10. The Bertz CT molecular complexity index is 627. The number of benzene rings is 2. The van der Waals surface area contributed by atoms with Crippen molar-refractivity contribution in [2.45, 2.75) is 51.0 Å². The minimum Gasteiger partial charge on any atom is -0.303 e. The van der Waals surface area contributed by atoms with Gasteiger partial charge in [0, 0.05) is 0 Å². The van der Waals surface area contributed by atoms with E-state index in [1.807, 2.05) is 60.7 Å². The SMILES string of the molecule is CCCCCCCC(OP(=O)(O)O)(c1ccccc1)c1ccccc1. The first-order chi connectivity index (χ1) is 12.0. The van der Waals surface area contributed by atoms with Crippen LogP contribution in [0.4, 0.5) is 0 Å². The van der Waals surface area contributed by atoms with Crippen molar-refractivity contribution in [3.63, 3.8) is 0 Å². The van der Waals surface area contributed by atoms with E-state index in [1.54, 1.807) is 0 Å². The van der Waals surface area contributed by atoms with Crippen molar-refractivity contribution in [2.24, 2.45) is 0 Å². The van der Waals surface area contributed by atoms with Crippen molar-refractivity contribution in [3.05, 3.63) is 71.8 Å². The first-order valence-corrected chi connectivity index (χ1v) is 10.4. The zero-order valence-corrected chi connectivity index (χ0v) is 15.6. The van der Waals surface area contributed by atoms with Crippen LogP contribution < -0.4 is 0 Å². The van der Waals surface area contributed by atoms with Crippen molar-refractivity contribution < 1.29 is 18.9 Å². The number of hydrogen-bond donors (Lipinski definition) is 2. The van der Waals surface area contributed by atoms with Crippen LogP contribution in [-0.4, -0.2) is 9.79 Å². The van der Waals surface area contributed by atoms with E-state index in [9.17, 15) is 14.4 Å². The summed E-state index contributed by atoms with van der Waals surface area (Å²) in [6.45, 7) is 2.16. The van der Waals surface area contributed by atoms with E-state index in [1.165, 1.54) is 6.42 Å². The molecule has 4 nitrogen and oxygen atoms in total. The Labute approximate surface area is 150 Å². The van der Waals surface area contributed by atoms with Crippen LogP contribution in [0.3, 0.4) is 0 Å². The van der Waals surface area contributed by atoms with Crippen molar-refractivity contribution in [2.75, 3.05) is 0 Å². The molecule has 0 fully saturated rings. The molecule has 0 bridgehead atoms. The highest BCUT2D eigenvalue weighted by Crippen LogP contribution is 2.51. The van der Waals surface area contributed by atoms with Gasteiger partial charge >= 0.3 is 7.82 Å². The molecule has 136 valence electrons. The van der Waals surface area contributed by atoms with Crippen LogP contribution >= 0.6 is 7.82 Å². The van der Waals surface area contributed by atoms with Crippen LogP contribution in [0.5, 0.6) is 0 Å². The molecule has 2 rings (SSSR count). The standard InChI is InChI=1S/C20H27O4P/c1-2-3-4-5-12-17-20(24-25(21,22)23,18-13-8-6-9-14-18)19-15-10-7-11-16-19/h6-11,13-16H,2-5,12,17H2,1H3,(H2,21,22,23). The van der Waals surface area contributed by atoms with Crippen LogP contribution in [0.15, 0.2) is 60.7 Å². The zero-order chi connectivity index (χ0) is 18.2. The monoisotopic (exact) mass is 362 g/mol. The highest BCUT2D eigenvalue weighted by Gasteiger charge is 2.40. The average Bonchev–Trinajstić information content (AvgIpc) is 2.61. The van der Waals surface area contributed by atoms with Crippen LogP contribution in [0.1, 0.15) is 56.6 Å². The Morgan fingerprint density at radius 3 is 1.76 bits per heavy atom. The quantitative estimate of drug-likeness (QED) is 0.439. The number of unbranched alkanes of at least 4 members (excludes halogenated alkanes) is 4. The van der Waals surface area contributed by atoms with Gasteiger partial charge < -0.3 is 9.79 Å². The van der Waals surface area contributed by atoms with Crippen molar-refractivity contribution >= 4 is 7.82 Å². The van der Waals surface area contributed by atoms with E-state index in [4.69, 9.17) is 4.52 Å². The molecular formula is C20H27O4P. The number of hydrogen-bond acceptors (Lipinski definition) is 2. The third-order valence-corrected chi connectivity index (χ3v) is 4.94. The molecule has 0 atom stereocenters. The predicted molar refractivity (Wildman–Crippen MR) is 100 cm³/mol. The highest BCUT2D eigenvalue weighted by atomic mass is 31.2. The van der Waals surface area contributed by atoms with Crippen LogP contribution in [0.2, 0.25) is 0 Å². The second-order valence-corrected chi connectivity index (χ2v) is 7.47. The maximum atomic E-state index is 11.8. The van der Waals surface area contributed by atoms with Gasteiger partial charge in [0.15, 0.2) is 0 Å². The molecule has 0 saturated carbocycles. The highest BCUT2D eigenvalue weighted by molar-refractivity contribution is 7.46. The van der Waals surface area contributed by atoms with Crippen molar-refractivity contribution in [1.82, 2.24) is 0 Å². The summed E-state index contributed by atoms with van der Waals surface area (Å²) in [4.78, 5) is 19.2. The fourth-order valence-corrected chi connectivity index (χ4v) is 3.91. The van der Waals surface area contributed by atoms with E-state index in [0.717, 1.165) is 36.8 Å². The molecule has 2 aromatic carbocycles. The topological polar surface area (TPSA) is 66.8 Å². The lowest BCUT2D eigenvalue weighted by Gasteiger charge is -2.35. The molecule has 0 spiro atoms. The maximum Gasteiger partial charge on any atom is 0.470 e. The molecule has 0 saturated heterocycles. The van der Waals surface area contributed by atoms with E-state index in [0.29, 0.717) is 6.42 Å². The van der Waals surface area contributed by atoms with Gasteiger partial charge in [0.2, 0.25) is 0 Å². The van der Waals surface area contributed by atoms with Gasteiger partial charge in [0.25, 0.3) is 0 Å². The Balaban J connectivity index is 2.40. The summed E-state index contributed by atoms with van der Waals surface area (Å²) in [5, 5.41) is 0. The molecule has 2 aromatic rings.